The summed E-state index contributed by atoms with van der Waals surface area (Å²) in [5.41, 5.74) is 8.90. The van der Waals surface area contributed by atoms with Gasteiger partial charge in [0.1, 0.15) is 0 Å². The number of nitro groups is 1. The van der Waals surface area contributed by atoms with Crippen LogP contribution in [0.1, 0.15) is 58.4 Å². The summed E-state index contributed by atoms with van der Waals surface area (Å²) in [4.78, 5) is 45.5. The van der Waals surface area contributed by atoms with E-state index in [0.717, 1.165) is 18.5 Å². The lowest BCUT2D eigenvalue weighted by Crippen LogP contribution is -2.33. The van der Waals surface area contributed by atoms with Crippen molar-refractivity contribution in [3.8, 4) is 0 Å². The SMILES string of the molecule is CC(=O)C1=C(C)NC2=C(C(=O)CCC2)C1c1cccc([N+](=O)[O-])c1.CC(=O)C=C(C)N. The predicted octanol–water partition coefficient (Wildman–Crippen LogP) is 3.59. The van der Waals surface area contributed by atoms with Crippen molar-refractivity contribution < 1.29 is 19.3 Å². The smallest absolute Gasteiger partial charge is 0.269 e. The highest BCUT2D eigenvalue weighted by Crippen LogP contribution is 2.42. The quantitative estimate of drug-likeness (QED) is 0.428. The van der Waals surface area contributed by atoms with Crippen molar-refractivity contribution in [2.75, 3.05) is 0 Å². The van der Waals surface area contributed by atoms with E-state index in [0.29, 0.717) is 34.5 Å². The zero-order valence-corrected chi connectivity index (χ0v) is 18.2. The van der Waals surface area contributed by atoms with Gasteiger partial charge in [0, 0.05) is 52.7 Å². The number of nitrogens with two attached hydrogens (primary N) is 1. The van der Waals surface area contributed by atoms with Crippen LogP contribution in [0, 0.1) is 10.1 Å². The molecule has 0 amide bonds. The Balaban J connectivity index is 0.000000423. The molecule has 0 bridgehead atoms. The fourth-order valence-electron chi connectivity index (χ4n) is 3.92. The Kier molecular flexibility index (Phi) is 7.63. The summed E-state index contributed by atoms with van der Waals surface area (Å²) in [5, 5.41) is 14.3. The highest BCUT2D eigenvalue weighted by Gasteiger charge is 2.37. The van der Waals surface area contributed by atoms with Gasteiger partial charge in [0.25, 0.3) is 5.69 Å². The molecule has 1 aliphatic carbocycles. The van der Waals surface area contributed by atoms with Crippen molar-refractivity contribution in [1.82, 2.24) is 5.32 Å². The highest BCUT2D eigenvalue weighted by atomic mass is 16.6. The molecule has 164 valence electrons. The average molecular weight is 425 g/mol. The van der Waals surface area contributed by atoms with E-state index in [4.69, 9.17) is 5.73 Å². The number of ketones is 3. The van der Waals surface area contributed by atoms with Gasteiger partial charge in [-0.15, -0.1) is 0 Å². The molecular weight excluding hydrogens is 398 g/mol. The van der Waals surface area contributed by atoms with Crippen molar-refractivity contribution in [2.24, 2.45) is 5.73 Å². The highest BCUT2D eigenvalue weighted by molar-refractivity contribution is 6.05. The average Bonchev–Trinajstić information content (AvgIpc) is 2.66. The molecule has 3 N–H and O–H groups in total. The van der Waals surface area contributed by atoms with Crippen molar-refractivity contribution >= 4 is 23.0 Å². The molecule has 0 radical (unpaired) electrons. The van der Waals surface area contributed by atoms with Crippen molar-refractivity contribution in [2.45, 2.75) is 52.9 Å². The Morgan fingerprint density at radius 3 is 2.42 bits per heavy atom. The number of carbonyl (C=O) groups excluding carboxylic acids is 3. The summed E-state index contributed by atoms with van der Waals surface area (Å²) in [6.07, 6.45) is 3.35. The van der Waals surface area contributed by atoms with Gasteiger partial charge in [0.15, 0.2) is 17.3 Å². The molecule has 31 heavy (non-hydrogen) atoms. The van der Waals surface area contributed by atoms with Crippen LogP contribution in [0.15, 0.2) is 58.6 Å². The largest absolute Gasteiger partial charge is 0.402 e. The van der Waals surface area contributed by atoms with Gasteiger partial charge in [-0.3, -0.25) is 24.5 Å². The summed E-state index contributed by atoms with van der Waals surface area (Å²) in [5.74, 6) is -0.667. The van der Waals surface area contributed by atoms with Gasteiger partial charge in [-0.1, -0.05) is 12.1 Å². The fourth-order valence-corrected chi connectivity index (χ4v) is 3.92. The van der Waals surface area contributed by atoms with Gasteiger partial charge in [-0.25, -0.2) is 0 Å². The fraction of sp³-hybridized carbons (Fsp3) is 0.348. The van der Waals surface area contributed by atoms with Crippen LogP contribution < -0.4 is 11.1 Å². The van der Waals surface area contributed by atoms with E-state index in [1.165, 1.54) is 32.1 Å². The molecule has 0 aromatic heterocycles. The zero-order valence-electron chi connectivity index (χ0n) is 18.2. The number of Topliss-reactive ketones (excluding diaryl/α,β-unsaturated/α-hetero) is 2. The molecule has 0 saturated heterocycles. The molecule has 1 atom stereocenters. The minimum atomic E-state index is -0.536. The van der Waals surface area contributed by atoms with Crippen LogP contribution >= 0.6 is 0 Å². The number of carbonyl (C=O) groups is 3. The second-order valence-corrected chi connectivity index (χ2v) is 7.67. The van der Waals surface area contributed by atoms with Crippen LogP contribution in [-0.4, -0.2) is 22.3 Å². The number of hydrogen-bond acceptors (Lipinski definition) is 7. The Bertz CT molecular complexity index is 1030. The van der Waals surface area contributed by atoms with E-state index in [9.17, 15) is 24.5 Å². The van der Waals surface area contributed by atoms with Crippen LogP contribution in [0.4, 0.5) is 5.69 Å². The molecule has 0 fully saturated rings. The Morgan fingerprint density at radius 2 is 1.90 bits per heavy atom. The molecule has 1 aromatic carbocycles. The number of rotatable bonds is 4. The second kappa shape index (κ2) is 9.97. The first-order valence-corrected chi connectivity index (χ1v) is 9.96. The molecule has 0 spiro atoms. The Morgan fingerprint density at radius 1 is 1.23 bits per heavy atom. The van der Waals surface area contributed by atoms with Gasteiger partial charge >= 0.3 is 0 Å². The van der Waals surface area contributed by atoms with Crippen LogP contribution in [-0.2, 0) is 14.4 Å². The molecule has 0 saturated carbocycles. The van der Waals surface area contributed by atoms with E-state index in [-0.39, 0.29) is 23.0 Å². The van der Waals surface area contributed by atoms with Crippen LogP contribution in [0.3, 0.4) is 0 Å². The lowest BCUT2D eigenvalue weighted by Gasteiger charge is -2.34. The molecule has 8 heteroatoms. The second-order valence-electron chi connectivity index (χ2n) is 7.67. The number of non-ortho nitro benzene ring substituents is 1. The van der Waals surface area contributed by atoms with E-state index >= 15 is 0 Å². The molecule has 1 aliphatic heterocycles. The third kappa shape index (κ3) is 5.75. The zero-order chi connectivity index (χ0) is 23.3. The van der Waals surface area contributed by atoms with Gasteiger partial charge in [-0.2, -0.15) is 0 Å². The first-order valence-electron chi connectivity index (χ1n) is 9.96. The summed E-state index contributed by atoms with van der Waals surface area (Å²) < 4.78 is 0. The van der Waals surface area contributed by atoms with Crippen molar-refractivity contribution in [3.63, 3.8) is 0 Å². The summed E-state index contributed by atoms with van der Waals surface area (Å²) in [6.45, 7) is 6.42. The number of nitrogens with zero attached hydrogens (tertiary/aromatic N) is 1. The molecular formula is C23H27N3O5. The van der Waals surface area contributed by atoms with Crippen molar-refractivity contribution in [3.05, 3.63) is 74.3 Å². The number of allylic oxidation sites excluding steroid dienone is 6. The molecule has 1 heterocycles. The summed E-state index contributed by atoms with van der Waals surface area (Å²) >= 11 is 0. The topological polar surface area (TPSA) is 132 Å². The number of nitro benzene ring substituents is 1. The normalized spacial score (nSPS) is 18.5. The first-order chi connectivity index (χ1) is 14.5. The number of benzene rings is 1. The Labute approximate surface area is 181 Å². The number of nitrogens with one attached hydrogen (secondary N) is 1. The van der Waals surface area contributed by atoms with Crippen LogP contribution in [0.25, 0.3) is 0 Å². The molecule has 3 rings (SSSR count). The standard InChI is InChI=1S/C18H18N2O4.C5H9NO/c1-10-16(11(2)21)17(12-5-3-6-13(9-12)20(23)24)18-14(19-10)7-4-8-15(18)22;1-4(6)3-5(2)7/h3,5-6,9,17,19H,4,7-8H2,1-2H3;3H,6H2,1-2H3. The third-order valence-corrected chi connectivity index (χ3v) is 5.00. The molecule has 8 nitrogen and oxygen atoms in total. The maximum atomic E-state index is 12.5. The van der Waals surface area contributed by atoms with Gasteiger partial charge in [0.05, 0.1) is 4.92 Å². The van der Waals surface area contributed by atoms with E-state index in [1.54, 1.807) is 19.1 Å². The minimum Gasteiger partial charge on any atom is -0.402 e. The number of dihydropyridines is 1. The van der Waals surface area contributed by atoms with Gasteiger partial charge < -0.3 is 11.1 Å². The molecule has 1 unspecified atom stereocenters. The van der Waals surface area contributed by atoms with E-state index in [2.05, 4.69) is 5.32 Å². The van der Waals surface area contributed by atoms with E-state index in [1.807, 2.05) is 6.92 Å². The number of hydrogen-bond donors (Lipinski definition) is 2. The van der Waals surface area contributed by atoms with Crippen molar-refractivity contribution in [1.29, 1.82) is 0 Å². The summed E-state index contributed by atoms with van der Waals surface area (Å²) in [7, 11) is 0. The van der Waals surface area contributed by atoms with Gasteiger partial charge in [-0.05, 0) is 52.2 Å². The first kappa shape index (κ1) is 23.7. The Hall–Kier alpha value is -3.55. The van der Waals surface area contributed by atoms with Crippen LogP contribution in [0.2, 0.25) is 0 Å². The monoisotopic (exact) mass is 425 g/mol. The molecule has 1 aromatic rings. The lowest BCUT2D eigenvalue weighted by atomic mass is 9.74. The maximum absolute atomic E-state index is 12.5. The third-order valence-electron chi connectivity index (χ3n) is 5.00. The maximum Gasteiger partial charge on any atom is 0.269 e. The molecule has 2 aliphatic rings. The summed E-state index contributed by atoms with van der Waals surface area (Å²) in [6, 6.07) is 6.20. The minimum absolute atomic E-state index is 0.000000000000000444. The van der Waals surface area contributed by atoms with E-state index < -0.39 is 10.8 Å². The van der Waals surface area contributed by atoms with Gasteiger partial charge in [0.2, 0.25) is 0 Å². The lowest BCUT2D eigenvalue weighted by molar-refractivity contribution is -0.384. The van der Waals surface area contributed by atoms with Crippen LogP contribution in [0.5, 0.6) is 0 Å². The predicted molar refractivity (Wildman–Crippen MR) is 117 cm³/mol.